The highest BCUT2D eigenvalue weighted by atomic mass is 127. The van der Waals surface area contributed by atoms with E-state index in [1.165, 1.54) is 0 Å². The topological polar surface area (TPSA) is 68.0 Å². The van der Waals surface area contributed by atoms with Crippen LogP contribution in [0.4, 0.5) is 5.69 Å². The summed E-state index contributed by atoms with van der Waals surface area (Å²) in [6.45, 7) is 0. The lowest BCUT2D eigenvalue weighted by Gasteiger charge is -2.02. The fourth-order valence-corrected chi connectivity index (χ4v) is 2.40. The SMILES string of the molecule is O=C(CCc1nc(-c2ccc(I)cc2)no1)Nc1ccccc1. The Morgan fingerprint density at radius 1 is 1.09 bits per heavy atom. The molecule has 1 amide bonds. The Hall–Kier alpha value is -2.22. The number of aromatic nitrogens is 2. The van der Waals surface area contributed by atoms with Crippen molar-refractivity contribution in [2.45, 2.75) is 12.8 Å². The second-order valence-electron chi connectivity index (χ2n) is 4.93. The molecule has 1 N–H and O–H groups in total. The van der Waals surface area contributed by atoms with Crippen molar-refractivity contribution in [3.05, 3.63) is 64.1 Å². The lowest BCUT2D eigenvalue weighted by Crippen LogP contribution is -2.12. The molecule has 0 aliphatic carbocycles. The number of amides is 1. The van der Waals surface area contributed by atoms with Gasteiger partial charge in [0.15, 0.2) is 0 Å². The molecular weight excluding hydrogens is 405 g/mol. The molecule has 0 fully saturated rings. The third kappa shape index (κ3) is 4.38. The molecule has 6 heteroatoms. The van der Waals surface area contributed by atoms with Gasteiger partial charge in [0.05, 0.1) is 0 Å². The molecule has 3 rings (SSSR count). The van der Waals surface area contributed by atoms with Gasteiger partial charge in [0.1, 0.15) is 0 Å². The number of hydrogen-bond acceptors (Lipinski definition) is 4. The molecule has 0 aliphatic rings. The van der Waals surface area contributed by atoms with Crippen LogP contribution < -0.4 is 5.32 Å². The molecule has 116 valence electrons. The Morgan fingerprint density at radius 3 is 2.57 bits per heavy atom. The first-order valence-electron chi connectivity index (χ1n) is 7.14. The first kappa shape index (κ1) is 15.7. The van der Waals surface area contributed by atoms with Gasteiger partial charge in [-0.15, -0.1) is 0 Å². The third-order valence-corrected chi connectivity index (χ3v) is 3.91. The van der Waals surface area contributed by atoms with Crippen LogP contribution in [-0.4, -0.2) is 16.0 Å². The van der Waals surface area contributed by atoms with Crippen LogP contribution in [0, 0.1) is 3.57 Å². The molecule has 0 unspecified atom stereocenters. The van der Waals surface area contributed by atoms with Gasteiger partial charge in [-0.1, -0.05) is 35.5 Å². The largest absolute Gasteiger partial charge is 0.339 e. The minimum atomic E-state index is -0.0785. The van der Waals surface area contributed by atoms with E-state index in [9.17, 15) is 4.79 Å². The highest BCUT2D eigenvalue weighted by molar-refractivity contribution is 14.1. The maximum atomic E-state index is 11.9. The number of hydrogen-bond donors (Lipinski definition) is 1. The first-order chi connectivity index (χ1) is 11.2. The van der Waals surface area contributed by atoms with Crippen molar-refractivity contribution in [3.63, 3.8) is 0 Å². The first-order valence-corrected chi connectivity index (χ1v) is 8.22. The molecule has 0 saturated carbocycles. The Morgan fingerprint density at radius 2 is 1.83 bits per heavy atom. The average Bonchev–Trinajstić information content (AvgIpc) is 3.04. The summed E-state index contributed by atoms with van der Waals surface area (Å²) in [6, 6.07) is 17.2. The predicted molar refractivity (Wildman–Crippen MR) is 95.8 cm³/mol. The summed E-state index contributed by atoms with van der Waals surface area (Å²) in [6.07, 6.45) is 0.708. The Labute approximate surface area is 147 Å². The van der Waals surface area contributed by atoms with Crippen molar-refractivity contribution in [3.8, 4) is 11.4 Å². The van der Waals surface area contributed by atoms with Crippen LogP contribution in [0.15, 0.2) is 59.1 Å². The monoisotopic (exact) mass is 419 g/mol. The van der Waals surface area contributed by atoms with Crippen molar-refractivity contribution in [2.75, 3.05) is 5.32 Å². The molecule has 1 aromatic heterocycles. The fraction of sp³-hybridized carbons (Fsp3) is 0.118. The minimum absolute atomic E-state index is 0.0785. The van der Waals surface area contributed by atoms with Gasteiger partial charge in [-0.2, -0.15) is 4.98 Å². The number of para-hydroxylation sites is 1. The van der Waals surface area contributed by atoms with Crippen LogP contribution in [0.25, 0.3) is 11.4 Å². The zero-order valence-corrected chi connectivity index (χ0v) is 14.4. The standard InChI is InChI=1S/C17H14IN3O2/c18-13-8-6-12(7-9-13)17-20-16(23-21-17)11-10-15(22)19-14-4-2-1-3-5-14/h1-9H,10-11H2,(H,19,22). The van der Waals surface area contributed by atoms with Crippen molar-refractivity contribution < 1.29 is 9.32 Å². The maximum Gasteiger partial charge on any atom is 0.227 e. The highest BCUT2D eigenvalue weighted by Crippen LogP contribution is 2.18. The molecule has 0 radical (unpaired) electrons. The zero-order valence-electron chi connectivity index (χ0n) is 12.2. The number of carbonyl (C=O) groups is 1. The van der Waals surface area contributed by atoms with Crippen molar-refractivity contribution in [1.29, 1.82) is 0 Å². The summed E-state index contributed by atoms with van der Waals surface area (Å²) in [5.41, 5.74) is 1.68. The van der Waals surface area contributed by atoms with Gasteiger partial charge in [-0.3, -0.25) is 4.79 Å². The molecular formula is C17H14IN3O2. The summed E-state index contributed by atoms with van der Waals surface area (Å²) < 4.78 is 6.35. The summed E-state index contributed by atoms with van der Waals surface area (Å²) in [5, 5.41) is 6.79. The van der Waals surface area contributed by atoms with Gasteiger partial charge >= 0.3 is 0 Å². The summed E-state index contributed by atoms with van der Waals surface area (Å²) >= 11 is 2.24. The highest BCUT2D eigenvalue weighted by Gasteiger charge is 2.10. The average molecular weight is 419 g/mol. The van der Waals surface area contributed by atoms with Crippen molar-refractivity contribution in [2.24, 2.45) is 0 Å². The van der Waals surface area contributed by atoms with Gasteiger partial charge in [-0.05, 0) is 46.9 Å². The second-order valence-corrected chi connectivity index (χ2v) is 6.18. The Balaban J connectivity index is 1.57. The number of carbonyl (C=O) groups excluding carboxylic acids is 1. The number of nitrogens with zero attached hydrogens (tertiary/aromatic N) is 2. The van der Waals surface area contributed by atoms with Gasteiger partial charge in [0.2, 0.25) is 17.6 Å². The molecule has 0 saturated heterocycles. The molecule has 1 heterocycles. The van der Waals surface area contributed by atoms with E-state index in [1.807, 2.05) is 54.6 Å². The zero-order chi connectivity index (χ0) is 16.1. The van der Waals surface area contributed by atoms with E-state index >= 15 is 0 Å². The molecule has 5 nitrogen and oxygen atoms in total. The second kappa shape index (κ2) is 7.36. The smallest absolute Gasteiger partial charge is 0.227 e. The Bertz CT molecular complexity index is 785. The van der Waals surface area contributed by atoms with Crippen LogP contribution in [-0.2, 0) is 11.2 Å². The van der Waals surface area contributed by atoms with E-state index in [1.54, 1.807) is 0 Å². The number of halogens is 1. The van der Waals surface area contributed by atoms with Crippen molar-refractivity contribution in [1.82, 2.24) is 10.1 Å². The summed E-state index contributed by atoms with van der Waals surface area (Å²) in [4.78, 5) is 16.2. The van der Waals surface area contributed by atoms with E-state index in [4.69, 9.17) is 4.52 Å². The lowest BCUT2D eigenvalue weighted by molar-refractivity contribution is -0.116. The lowest BCUT2D eigenvalue weighted by atomic mass is 10.2. The fourth-order valence-electron chi connectivity index (χ4n) is 2.04. The number of aryl methyl sites for hydroxylation is 1. The molecule has 0 bridgehead atoms. The molecule has 3 aromatic rings. The van der Waals surface area contributed by atoms with Crippen molar-refractivity contribution >= 4 is 34.2 Å². The van der Waals surface area contributed by atoms with E-state index < -0.39 is 0 Å². The number of rotatable bonds is 5. The minimum Gasteiger partial charge on any atom is -0.339 e. The van der Waals surface area contributed by atoms with E-state index in [-0.39, 0.29) is 5.91 Å². The molecule has 0 atom stereocenters. The third-order valence-electron chi connectivity index (χ3n) is 3.19. The summed E-state index contributed by atoms with van der Waals surface area (Å²) in [7, 11) is 0. The van der Waals surface area contributed by atoms with Crippen LogP contribution in [0.3, 0.4) is 0 Å². The predicted octanol–water partition coefficient (Wildman–Crippen LogP) is 3.91. The van der Waals surface area contributed by atoms with Gasteiger partial charge in [0, 0.05) is 27.7 Å². The maximum absolute atomic E-state index is 11.9. The van der Waals surface area contributed by atoms with Gasteiger partial charge in [-0.25, -0.2) is 0 Å². The number of anilines is 1. The van der Waals surface area contributed by atoms with Gasteiger partial charge in [0.25, 0.3) is 0 Å². The van der Waals surface area contributed by atoms with E-state index in [0.29, 0.717) is 24.6 Å². The molecule has 2 aromatic carbocycles. The number of nitrogens with one attached hydrogen (secondary N) is 1. The van der Waals surface area contributed by atoms with Crippen LogP contribution in [0.2, 0.25) is 0 Å². The normalized spacial score (nSPS) is 10.5. The molecule has 0 spiro atoms. The van der Waals surface area contributed by atoms with Crippen LogP contribution >= 0.6 is 22.6 Å². The molecule has 0 aliphatic heterocycles. The Kier molecular flexibility index (Phi) is 5.02. The molecule has 23 heavy (non-hydrogen) atoms. The van der Waals surface area contributed by atoms with E-state index in [0.717, 1.165) is 14.8 Å². The van der Waals surface area contributed by atoms with Crippen LogP contribution in [0.5, 0.6) is 0 Å². The summed E-state index contributed by atoms with van der Waals surface area (Å²) in [5.74, 6) is 0.923. The number of benzene rings is 2. The van der Waals surface area contributed by atoms with Crippen LogP contribution in [0.1, 0.15) is 12.3 Å². The van der Waals surface area contributed by atoms with E-state index in [2.05, 4.69) is 38.0 Å². The quantitative estimate of drug-likeness (QED) is 0.637. The van der Waals surface area contributed by atoms with Gasteiger partial charge < -0.3 is 9.84 Å².